The van der Waals surface area contributed by atoms with Gasteiger partial charge < -0.3 is 10.2 Å². The number of allylic oxidation sites excluding steroid dienone is 1. The van der Waals surface area contributed by atoms with Crippen molar-refractivity contribution in [3.05, 3.63) is 65.2 Å². The van der Waals surface area contributed by atoms with E-state index in [1.165, 1.54) is 28.1 Å². The summed E-state index contributed by atoms with van der Waals surface area (Å²) >= 11 is 0. The van der Waals surface area contributed by atoms with Crippen LogP contribution in [0.2, 0.25) is 0 Å². The molecule has 29 heavy (non-hydrogen) atoms. The second-order valence-electron chi connectivity index (χ2n) is 6.67. The van der Waals surface area contributed by atoms with Crippen LogP contribution in [0.1, 0.15) is 77.5 Å². The molecule has 1 atom stereocenters. The maximum Gasteiger partial charge on any atom is 0.132 e. The molecule has 2 N–H and O–H groups in total. The molecule has 2 aromatic carbocycles. The zero-order valence-electron chi connectivity index (χ0n) is 20.4. The van der Waals surface area contributed by atoms with Gasteiger partial charge >= 0.3 is 0 Å². The summed E-state index contributed by atoms with van der Waals surface area (Å²) < 4.78 is 0. The minimum Gasteiger partial charge on any atom is -0.372 e. The number of hydrogen-bond donors (Lipinski definition) is 1. The Labute approximate surface area is 181 Å². The smallest absolute Gasteiger partial charge is 0.132 e. The second-order valence-corrected chi connectivity index (χ2v) is 6.67. The Balaban J connectivity index is 0.00000184. The summed E-state index contributed by atoms with van der Waals surface area (Å²) in [6, 6.07) is 15.5. The van der Waals surface area contributed by atoms with Crippen molar-refractivity contribution in [2.45, 2.75) is 67.7 Å². The highest BCUT2D eigenvalue weighted by atomic mass is 15.1. The highest BCUT2D eigenvalue weighted by Gasteiger charge is 2.10. The average Bonchev–Trinajstić information content (AvgIpc) is 2.78. The number of benzene rings is 2. The first kappa shape index (κ1) is 26.9. The number of rotatable bonds is 8. The van der Waals surface area contributed by atoms with E-state index in [9.17, 15) is 0 Å². The molecule has 162 valence electrons. The molecule has 0 fully saturated rings. The minimum atomic E-state index is 0.527. The van der Waals surface area contributed by atoms with Crippen molar-refractivity contribution in [3.8, 4) is 0 Å². The standard InChI is InChI=1S/C23H32N2.2C2H6/c1-6-25(7-2)21-16-15-20(19(4)17-21)12-10-11-18(3)22-13-8-9-14-23(22)24-5;2*1-2/h8-10,12-18,24H,6-7,11H2,1-5H3;2*1-2H3/p+1/b12-10+;;. The van der Waals surface area contributed by atoms with Crippen LogP contribution in [0, 0.1) is 6.92 Å². The summed E-state index contributed by atoms with van der Waals surface area (Å²) in [4.78, 5) is 2.39. The monoisotopic (exact) mass is 397 g/mol. The zero-order chi connectivity index (χ0) is 22.2. The maximum absolute atomic E-state index is 2.39. The lowest BCUT2D eigenvalue weighted by atomic mass is 9.95. The van der Waals surface area contributed by atoms with Gasteiger partial charge in [-0.3, -0.25) is 0 Å². The van der Waals surface area contributed by atoms with Gasteiger partial charge in [-0.05, 0) is 62.4 Å². The summed E-state index contributed by atoms with van der Waals surface area (Å²) in [5.74, 6) is 0.527. The van der Waals surface area contributed by atoms with Gasteiger partial charge in [-0.2, -0.15) is 0 Å². The Morgan fingerprint density at radius 3 is 2.14 bits per heavy atom. The molecule has 2 nitrogen and oxygen atoms in total. The van der Waals surface area contributed by atoms with Crippen LogP contribution in [0.3, 0.4) is 0 Å². The zero-order valence-corrected chi connectivity index (χ0v) is 20.4. The van der Waals surface area contributed by atoms with Crippen LogP contribution in [-0.2, 0) is 0 Å². The van der Waals surface area contributed by atoms with Gasteiger partial charge in [0, 0.05) is 24.3 Å². The number of aryl methyl sites for hydroxylation is 1. The Hall–Kier alpha value is -2.06. The molecule has 0 aliphatic carbocycles. The predicted molar refractivity (Wildman–Crippen MR) is 133 cm³/mol. The van der Waals surface area contributed by atoms with E-state index in [4.69, 9.17) is 0 Å². The third-order valence-corrected chi connectivity index (χ3v) is 5.01. The molecule has 2 heteroatoms. The van der Waals surface area contributed by atoms with Crippen LogP contribution in [0.15, 0.2) is 48.5 Å². The van der Waals surface area contributed by atoms with Gasteiger partial charge in [0.15, 0.2) is 0 Å². The molecular formula is C27H45N2+. The van der Waals surface area contributed by atoms with E-state index in [2.05, 4.69) is 99.6 Å². The highest BCUT2D eigenvalue weighted by Crippen LogP contribution is 2.25. The molecule has 0 saturated carbocycles. The number of anilines is 1. The van der Waals surface area contributed by atoms with Crippen LogP contribution in [0.5, 0.6) is 0 Å². The molecule has 0 bridgehead atoms. The quantitative estimate of drug-likeness (QED) is 0.479. The third kappa shape index (κ3) is 8.45. The van der Waals surface area contributed by atoms with Crippen molar-refractivity contribution in [1.29, 1.82) is 0 Å². The highest BCUT2D eigenvalue weighted by molar-refractivity contribution is 5.60. The Bertz CT molecular complexity index is 699. The van der Waals surface area contributed by atoms with Crippen molar-refractivity contribution < 1.29 is 5.32 Å². The molecule has 0 aromatic heterocycles. The van der Waals surface area contributed by atoms with Gasteiger partial charge in [-0.1, -0.05) is 71.0 Å². The van der Waals surface area contributed by atoms with Gasteiger partial charge in [-0.15, -0.1) is 0 Å². The van der Waals surface area contributed by atoms with Crippen molar-refractivity contribution in [1.82, 2.24) is 0 Å². The van der Waals surface area contributed by atoms with E-state index in [1.807, 2.05) is 27.7 Å². The molecular weight excluding hydrogens is 352 g/mol. The van der Waals surface area contributed by atoms with Crippen molar-refractivity contribution in [3.63, 3.8) is 0 Å². The molecule has 0 heterocycles. The van der Waals surface area contributed by atoms with Crippen LogP contribution in [0.4, 0.5) is 11.4 Å². The fourth-order valence-electron chi connectivity index (χ4n) is 3.38. The van der Waals surface area contributed by atoms with Gasteiger partial charge in [0.25, 0.3) is 0 Å². The largest absolute Gasteiger partial charge is 0.372 e. The molecule has 0 spiro atoms. The second kappa shape index (κ2) is 15.8. The van der Waals surface area contributed by atoms with E-state index >= 15 is 0 Å². The number of hydrogen-bond acceptors (Lipinski definition) is 1. The fraction of sp³-hybridized carbons (Fsp3) is 0.481. The summed E-state index contributed by atoms with van der Waals surface area (Å²) in [5, 5.41) is 2.20. The summed E-state index contributed by atoms with van der Waals surface area (Å²) in [5.41, 5.74) is 6.76. The van der Waals surface area contributed by atoms with Crippen molar-refractivity contribution in [2.75, 3.05) is 25.0 Å². The summed E-state index contributed by atoms with van der Waals surface area (Å²) in [6.07, 6.45) is 5.65. The molecule has 1 unspecified atom stereocenters. The topological polar surface area (TPSA) is 19.9 Å². The predicted octanol–water partition coefficient (Wildman–Crippen LogP) is 6.93. The molecule has 0 amide bonds. The van der Waals surface area contributed by atoms with E-state index in [0.29, 0.717) is 5.92 Å². The number of nitrogens with zero attached hydrogens (tertiary/aromatic N) is 1. The molecule has 2 rings (SSSR count). The van der Waals surface area contributed by atoms with E-state index in [1.54, 1.807) is 0 Å². The summed E-state index contributed by atoms with van der Waals surface area (Å²) in [7, 11) is 2.11. The van der Waals surface area contributed by atoms with Gasteiger partial charge in [0.2, 0.25) is 0 Å². The number of quaternary nitrogens is 1. The Morgan fingerprint density at radius 1 is 0.966 bits per heavy atom. The average molecular weight is 398 g/mol. The molecule has 0 saturated heterocycles. The minimum absolute atomic E-state index is 0.527. The first-order valence-corrected chi connectivity index (χ1v) is 11.5. The van der Waals surface area contributed by atoms with Crippen LogP contribution in [-0.4, -0.2) is 20.1 Å². The molecule has 0 aliphatic heterocycles. The lowest BCUT2D eigenvalue weighted by Crippen LogP contribution is -2.73. The normalized spacial score (nSPS) is 11.2. The van der Waals surface area contributed by atoms with E-state index in [0.717, 1.165) is 19.5 Å². The first-order chi connectivity index (χ1) is 14.1. The van der Waals surface area contributed by atoms with Crippen molar-refractivity contribution in [2.24, 2.45) is 0 Å². The van der Waals surface area contributed by atoms with Crippen molar-refractivity contribution >= 4 is 17.5 Å². The summed E-state index contributed by atoms with van der Waals surface area (Å²) in [6.45, 7) is 19.0. The van der Waals surface area contributed by atoms with E-state index < -0.39 is 0 Å². The lowest BCUT2D eigenvalue weighted by Gasteiger charge is -2.21. The Morgan fingerprint density at radius 2 is 1.59 bits per heavy atom. The fourth-order valence-corrected chi connectivity index (χ4v) is 3.38. The van der Waals surface area contributed by atoms with E-state index in [-0.39, 0.29) is 0 Å². The van der Waals surface area contributed by atoms with Gasteiger partial charge in [0.1, 0.15) is 5.69 Å². The van der Waals surface area contributed by atoms with Crippen LogP contribution >= 0.6 is 0 Å². The molecule has 0 radical (unpaired) electrons. The molecule has 2 aromatic rings. The van der Waals surface area contributed by atoms with Crippen LogP contribution in [0.25, 0.3) is 6.08 Å². The van der Waals surface area contributed by atoms with Gasteiger partial charge in [-0.25, -0.2) is 0 Å². The molecule has 0 aliphatic rings. The van der Waals surface area contributed by atoms with Crippen LogP contribution < -0.4 is 10.2 Å². The lowest BCUT2D eigenvalue weighted by molar-refractivity contribution is -0.540. The first-order valence-electron chi connectivity index (χ1n) is 11.5. The van der Waals surface area contributed by atoms with Gasteiger partial charge in [0.05, 0.1) is 7.05 Å². The maximum atomic E-state index is 2.39. The Kier molecular flexibility index (Phi) is 14.7. The number of nitrogens with two attached hydrogens (primary N) is 1. The number of para-hydroxylation sites is 1. The SMILES string of the molecule is CC.CC.CCN(CC)c1ccc(/C=C/CC(C)c2ccccc2[NH2+]C)c(C)c1. The third-order valence-electron chi connectivity index (χ3n) is 5.01.